The number of fused-ring (bicyclic) bond motifs is 1. The van der Waals surface area contributed by atoms with Crippen molar-refractivity contribution < 1.29 is 31.9 Å². The molecule has 226 valence electrons. The Morgan fingerprint density at radius 1 is 0.884 bits per heavy atom. The molecule has 1 saturated heterocycles. The van der Waals surface area contributed by atoms with Crippen LogP contribution in [0.25, 0.3) is 11.0 Å². The molecule has 1 aliphatic rings. The number of alkyl halides is 3. The molecule has 0 N–H and O–H groups in total. The van der Waals surface area contributed by atoms with Gasteiger partial charge in [-0.1, -0.05) is 36.6 Å². The summed E-state index contributed by atoms with van der Waals surface area (Å²) in [5.41, 5.74) is 2.41. The lowest BCUT2D eigenvalue weighted by atomic mass is 10.1. The van der Waals surface area contributed by atoms with Crippen molar-refractivity contribution in [1.82, 2.24) is 4.90 Å². The van der Waals surface area contributed by atoms with Gasteiger partial charge in [-0.3, -0.25) is 9.69 Å². The molecular weight excluding hydrogens is 559 g/mol. The van der Waals surface area contributed by atoms with Crippen molar-refractivity contribution in [2.24, 2.45) is 0 Å². The average molecular weight is 594 g/mol. The zero-order valence-electron chi connectivity index (χ0n) is 24.7. The Morgan fingerprint density at radius 3 is 2.21 bits per heavy atom. The van der Waals surface area contributed by atoms with Gasteiger partial charge in [-0.15, -0.1) is 0 Å². The Labute approximate surface area is 248 Å². The van der Waals surface area contributed by atoms with Gasteiger partial charge in [0, 0.05) is 6.54 Å². The third-order valence-electron chi connectivity index (χ3n) is 7.88. The van der Waals surface area contributed by atoms with Crippen LogP contribution < -0.4 is 14.9 Å². The SMILES string of the molecule is Cc1ccc(C(=O)Oc2ccc3c(=O)c(Oc4cc(C)cc(C)c4C)c(C(F)(F)F)oc3c2CN2CCCCCC2)cc1. The summed E-state index contributed by atoms with van der Waals surface area (Å²) in [5, 5.41) is -0.0926. The van der Waals surface area contributed by atoms with Crippen LogP contribution in [0.2, 0.25) is 0 Å². The second kappa shape index (κ2) is 12.2. The van der Waals surface area contributed by atoms with Crippen molar-refractivity contribution in [2.75, 3.05) is 13.1 Å². The van der Waals surface area contributed by atoms with Crippen molar-refractivity contribution >= 4 is 16.9 Å². The lowest BCUT2D eigenvalue weighted by Crippen LogP contribution is -2.25. The molecule has 43 heavy (non-hydrogen) atoms. The predicted molar refractivity (Wildman–Crippen MR) is 158 cm³/mol. The van der Waals surface area contributed by atoms with E-state index < -0.39 is 29.1 Å². The first-order chi connectivity index (χ1) is 20.4. The van der Waals surface area contributed by atoms with E-state index in [0.717, 1.165) is 42.4 Å². The van der Waals surface area contributed by atoms with Gasteiger partial charge in [-0.25, -0.2) is 4.79 Å². The topological polar surface area (TPSA) is 69.0 Å². The molecule has 0 bridgehead atoms. The van der Waals surface area contributed by atoms with E-state index >= 15 is 0 Å². The van der Waals surface area contributed by atoms with Crippen molar-refractivity contribution in [3.63, 3.8) is 0 Å². The molecule has 4 aromatic rings. The first kappa shape index (κ1) is 30.4. The number of rotatable bonds is 6. The van der Waals surface area contributed by atoms with E-state index in [2.05, 4.69) is 4.90 Å². The lowest BCUT2D eigenvalue weighted by molar-refractivity contribution is -0.154. The van der Waals surface area contributed by atoms with E-state index in [1.165, 1.54) is 12.1 Å². The van der Waals surface area contributed by atoms with Crippen LogP contribution in [0.4, 0.5) is 13.2 Å². The number of hydrogen-bond donors (Lipinski definition) is 0. The fourth-order valence-electron chi connectivity index (χ4n) is 5.39. The molecule has 0 aliphatic carbocycles. The summed E-state index contributed by atoms with van der Waals surface area (Å²) < 4.78 is 60.6. The first-order valence-electron chi connectivity index (χ1n) is 14.4. The molecule has 1 aliphatic heterocycles. The number of carbonyl (C=O) groups is 1. The van der Waals surface area contributed by atoms with Crippen LogP contribution in [-0.2, 0) is 12.7 Å². The largest absolute Gasteiger partial charge is 0.453 e. The predicted octanol–water partition coefficient (Wildman–Crippen LogP) is 8.43. The molecule has 0 spiro atoms. The highest BCUT2D eigenvalue weighted by molar-refractivity contribution is 5.92. The van der Waals surface area contributed by atoms with Crippen LogP contribution in [0.3, 0.4) is 0 Å². The molecule has 0 amide bonds. The summed E-state index contributed by atoms with van der Waals surface area (Å²) in [4.78, 5) is 28.9. The summed E-state index contributed by atoms with van der Waals surface area (Å²) >= 11 is 0. The van der Waals surface area contributed by atoms with Crippen molar-refractivity contribution in [3.05, 3.63) is 97.9 Å². The minimum absolute atomic E-state index is 0.0393. The number of likely N-dealkylation sites (tertiary alicyclic amines) is 1. The summed E-state index contributed by atoms with van der Waals surface area (Å²) in [6, 6.07) is 13.0. The van der Waals surface area contributed by atoms with Gasteiger partial charge in [0.2, 0.25) is 11.2 Å². The Bertz CT molecular complexity index is 1720. The molecule has 5 rings (SSSR count). The lowest BCUT2D eigenvalue weighted by Gasteiger charge is -2.23. The van der Waals surface area contributed by atoms with Gasteiger partial charge in [0.25, 0.3) is 5.76 Å². The van der Waals surface area contributed by atoms with Gasteiger partial charge in [-0.05, 0) is 101 Å². The van der Waals surface area contributed by atoms with Crippen LogP contribution in [0.15, 0.2) is 57.7 Å². The second-order valence-corrected chi connectivity index (χ2v) is 11.3. The van der Waals surface area contributed by atoms with Gasteiger partial charge >= 0.3 is 12.1 Å². The molecule has 0 radical (unpaired) electrons. The Kier molecular flexibility index (Phi) is 8.64. The molecule has 0 unspecified atom stereocenters. The van der Waals surface area contributed by atoms with Crippen LogP contribution in [0, 0.1) is 27.7 Å². The normalized spacial score (nSPS) is 14.5. The molecular formula is C34H34F3NO5. The smallest absolute Gasteiger partial charge is 0.449 e. The van der Waals surface area contributed by atoms with Crippen LogP contribution in [0.1, 0.15) is 69.6 Å². The molecule has 2 heterocycles. The van der Waals surface area contributed by atoms with Gasteiger partial charge in [0.1, 0.15) is 17.1 Å². The molecule has 0 saturated carbocycles. The van der Waals surface area contributed by atoms with Gasteiger partial charge in [-0.2, -0.15) is 13.2 Å². The quantitative estimate of drug-likeness (QED) is 0.165. The van der Waals surface area contributed by atoms with Crippen LogP contribution in [0.5, 0.6) is 17.2 Å². The molecule has 9 heteroatoms. The second-order valence-electron chi connectivity index (χ2n) is 11.3. The van der Waals surface area contributed by atoms with Crippen LogP contribution in [-0.4, -0.2) is 24.0 Å². The minimum atomic E-state index is -5.04. The van der Waals surface area contributed by atoms with Gasteiger partial charge < -0.3 is 13.9 Å². The third kappa shape index (κ3) is 6.62. The summed E-state index contributed by atoms with van der Waals surface area (Å²) in [6.45, 7) is 8.78. The van der Waals surface area contributed by atoms with Gasteiger partial charge in [0.05, 0.1) is 16.5 Å². The molecule has 0 atom stereocenters. The number of ether oxygens (including phenoxy) is 2. The molecule has 1 fully saturated rings. The molecule has 6 nitrogen and oxygen atoms in total. The number of aryl methyl sites for hydroxylation is 3. The summed E-state index contributed by atoms with van der Waals surface area (Å²) in [6.07, 6.45) is -1.09. The van der Waals surface area contributed by atoms with E-state index in [1.807, 2.05) is 19.9 Å². The standard InChI is InChI=1S/C34H34F3NO5/c1-20-9-11-24(12-10-20)33(40)42-27-14-13-25-29(39)31(41-28-18-21(2)17-22(3)23(28)4)32(34(35,36)37)43-30(25)26(27)19-38-15-7-5-6-8-16-38/h9-14,17-18H,5-8,15-16,19H2,1-4H3. The number of esters is 1. The average Bonchev–Trinajstić information content (AvgIpc) is 3.22. The summed E-state index contributed by atoms with van der Waals surface area (Å²) in [5.74, 6) is -2.96. The third-order valence-corrected chi connectivity index (χ3v) is 7.88. The van der Waals surface area contributed by atoms with Crippen molar-refractivity contribution in [3.8, 4) is 17.2 Å². The van der Waals surface area contributed by atoms with E-state index in [0.29, 0.717) is 18.7 Å². The zero-order valence-corrected chi connectivity index (χ0v) is 24.7. The number of halogens is 3. The highest BCUT2D eigenvalue weighted by Gasteiger charge is 2.41. The Balaban J connectivity index is 1.68. The highest BCUT2D eigenvalue weighted by atomic mass is 19.4. The van der Waals surface area contributed by atoms with Crippen molar-refractivity contribution in [1.29, 1.82) is 0 Å². The minimum Gasteiger partial charge on any atom is -0.449 e. The number of carbonyl (C=O) groups excluding carboxylic acids is 1. The first-order valence-corrected chi connectivity index (χ1v) is 14.4. The van der Waals surface area contributed by atoms with Crippen molar-refractivity contribution in [2.45, 2.75) is 66.1 Å². The zero-order chi connectivity index (χ0) is 30.9. The summed E-state index contributed by atoms with van der Waals surface area (Å²) in [7, 11) is 0. The van der Waals surface area contributed by atoms with Gasteiger partial charge in [0.15, 0.2) is 0 Å². The number of hydrogen-bond acceptors (Lipinski definition) is 6. The number of benzene rings is 3. The van der Waals surface area contributed by atoms with E-state index in [-0.39, 0.29) is 40.1 Å². The Morgan fingerprint density at radius 2 is 1.56 bits per heavy atom. The fraction of sp³-hybridized carbons (Fsp3) is 0.353. The number of nitrogens with zero attached hydrogens (tertiary/aromatic N) is 1. The Hall–Kier alpha value is -4.11. The van der Waals surface area contributed by atoms with E-state index in [9.17, 15) is 22.8 Å². The monoisotopic (exact) mass is 593 g/mol. The maximum absolute atomic E-state index is 14.5. The van der Waals surface area contributed by atoms with Crippen LogP contribution >= 0.6 is 0 Å². The van der Waals surface area contributed by atoms with E-state index in [4.69, 9.17) is 13.9 Å². The maximum atomic E-state index is 14.5. The molecule has 3 aromatic carbocycles. The fourth-order valence-corrected chi connectivity index (χ4v) is 5.39. The maximum Gasteiger partial charge on any atom is 0.453 e. The van der Waals surface area contributed by atoms with E-state index in [1.54, 1.807) is 44.2 Å². The molecule has 1 aromatic heterocycles. The highest BCUT2D eigenvalue weighted by Crippen LogP contribution is 2.41.